The first-order valence-corrected chi connectivity index (χ1v) is 12.3. The Labute approximate surface area is 223 Å². The van der Waals surface area contributed by atoms with Gasteiger partial charge in [0.25, 0.3) is 5.91 Å². The third-order valence-corrected chi connectivity index (χ3v) is 5.66. The highest BCUT2D eigenvalue weighted by molar-refractivity contribution is 6.00. The number of rotatable bonds is 9. The van der Waals surface area contributed by atoms with Crippen molar-refractivity contribution in [2.45, 2.75) is 45.3 Å². The minimum absolute atomic E-state index is 0.155. The van der Waals surface area contributed by atoms with Crippen LogP contribution < -0.4 is 10.4 Å². The number of anilines is 1. The van der Waals surface area contributed by atoms with Crippen molar-refractivity contribution < 1.29 is 24.3 Å². The summed E-state index contributed by atoms with van der Waals surface area (Å²) in [4.78, 5) is 31.9. The summed E-state index contributed by atoms with van der Waals surface area (Å²) in [5, 5.41) is 23.0. The summed E-state index contributed by atoms with van der Waals surface area (Å²) in [6, 6.07) is 26.1. The lowest BCUT2D eigenvalue weighted by atomic mass is 9.99. The van der Waals surface area contributed by atoms with Gasteiger partial charge in [-0.1, -0.05) is 60.7 Å². The number of aliphatic hydroxyl groups excluding tert-OH is 1. The van der Waals surface area contributed by atoms with E-state index in [0.29, 0.717) is 17.7 Å². The van der Waals surface area contributed by atoms with Crippen LogP contribution in [0.25, 0.3) is 11.1 Å². The molecular formula is C30H33N3O5. The van der Waals surface area contributed by atoms with E-state index in [9.17, 15) is 20.0 Å². The number of para-hydroxylation sites is 1. The number of nitrogens with zero attached hydrogens (tertiary/aromatic N) is 2. The summed E-state index contributed by atoms with van der Waals surface area (Å²) in [6.45, 7) is 6.03. The number of hydroxylamine groups is 1. The number of carbonyl (C=O) groups is 2. The van der Waals surface area contributed by atoms with Crippen LogP contribution in [0.3, 0.4) is 0 Å². The van der Waals surface area contributed by atoms with E-state index in [-0.39, 0.29) is 6.61 Å². The standard InChI is InChI=1S/C30H33N3O5/c1-29(2,3)38-28(36)32-30(4,21-34)27(35)33(25-11-6-5-7-12-25)37-19-18-22-14-16-23(17-15-22)26-13-9-8-10-24(26)20-31/h5-17,34H,18-19,21H2,1-4H3,(H,32,36). The molecular weight excluding hydrogens is 482 g/mol. The van der Waals surface area contributed by atoms with E-state index in [0.717, 1.165) is 21.8 Å². The highest BCUT2D eigenvalue weighted by atomic mass is 16.7. The van der Waals surface area contributed by atoms with E-state index in [1.165, 1.54) is 6.92 Å². The minimum atomic E-state index is -1.69. The molecule has 198 valence electrons. The lowest BCUT2D eigenvalue weighted by molar-refractivity contribution is -0.133. The van der Waals surface area contributed by atoms with Gasteiger partial charge in [-0.3, -0.25) is 9.63 Å². The van der Waals surface area contributed by atoms with Gasteiger partial charge in [-0.2, -0.15) is 10.3 Å². The van der Waals surface area contributed by atoms with Gasteiger partial charge in [0.15, 0.2) is 0 Å². The van der Waals surface area contributed by atoms with Gasteiger partial charge in [0.1, 0.15) is 11.1 Å². The summed E-state index contributed by atoms with van der Waals surface area (Å²) in [6.07, 6.45) is -0.333. The third-order valence-electron chi connectivity index (χ3n) is 5.66. The fourth-order valence-electron chi connectivity index (χ4n) is 3.67. The lowest BCUT2D eigenvalue weighted by Crippen LogP contribution is -2.61. The summed E-state index contributed by atoms with van der Waals surface area (Å²) >= 11 is 0. The number of hydrogen-bond acceptors (Lipinski definition) is 6. The molecule has 2 amide bonds. The van der Waals surface area contributed by atoms with E-state index in [4.69, 9.17) is 9.57 Å². The Hall–Kier alpha value is -4.19. The van der Waals surface area contributed by atoms with Gasteiger partial charge in [0.05, 0.1) is 30.5 Å². The monoisotopic (exact) mass is 515 g/mol. The minimum Gasteiger partial charge on any atom is -0.444 e. The number of ether oxygens (including phenoxy) is 1. The van der Waals surface area contributed by atoms with Gasteiger partial charge >= 0.3 is 6.09 Å². The molecule has 0 aliphatic heterocycles. The zero-order valence-electron chi connectivity index (χ0n) is 22.1. The molecule has 0 bridgehead atoms. The Balaban J connectivity index is 1.73. The van der Waals surface area contributed by atoms with Crippen molar-refractivity contribution in [2.75, 3.05) is 18.3 Å². The predicted octanol–water partition coefficient (Wildman–Crippen LogP) is 5.01. The van der Waals surface area contributed by atoms with E-state index in [1.807, 2.05) is 48.5 Å². The zero-order chi connectivity index (χ0) is 27.8. The van der Waals surface area contributed by atoms with Crippen LogP contribution in [-0.4, -0.2) is 41.5 Å². The fourth-order valence-corrected chi connectivity index (χ4v) is 3.67. The summed E-state index contributed by atoms with van der Waals surface area (Å²) in [5.74, 6) is -0.652. The largest absolute Gasteiger partial charge is 0.444 e. The molecule has 0 saturated heterocycles. The van der Waals surface area contributed by atoms with Crippen molar-refractivity contribution in [1.82, 2.24) is 5.32 Å². The Morgan fingerprint density at radius 2 is 1.58 bits per heavy atom. The number of nitriles is 1. The average molecular weight is 516 g/mol. The maximum absolute atomic E-state index is 13.5. The number of carbonyl (C=O) groups excluding carboxylic acids is 2. The molecule has 0 saturated carbocycles. The molecule has 0 aliphatic carbocycles. The van der Waals surface area contributed by atoms with Gasteiger partial charge in [0.2, 0.25) is 0 Å². The average Bonchev–Trinajstić information content (AvgIpc) is 2.90. The van der Waals surface area contributed by atoms with Gasteiger partial charge in [-0.05, 0) is 69.0 Å². The number of aliphatic hydroxyl groups is 1. The number of nitrogens with one attached hydrogen (secondary N) is 1. The molecule has 8 heteroatoms. The number of hydrogen-bond donors (Lipinski definition) is 2. The summed E-state index contributed by atoms with van der Waals surface area (Å²) in [5.41, 5.74) is 1.36. The second-order valence-corrected chi connectivity index (χ2v) is 9.99. The second kappa shape index (κ2) is 12.4. The van der Waals surface area contributed by atoms with Crippen LogP contribution in [0.2, 0.25) is 0 Å². The number of amides is 2. The molecule has 8 nitrogen and oxygen atoms in total. The smallest absolute Gasteiger partial charge is 0.408 e. The Morgan fingerprint density at radius 1 is 0.947 bits per heavy atom. The van der Waals surface area contributed by atoms with Crippen LogP contribution in [-0.2, 0) is 20.8 Å². The van der Waals surface area contributed by atoms with E-state index >= 15 is 0 Å². The zero-order valence-corrected chi connectivity index (χ0v) is 22.1. The van der Waals surface area contributed by atoms with Gasteiger partial charge in [0, 0.05) is 0 Å². The first-order valence-electron chi connectivity index (χ1n) is 12.3. The molecule has 38 heavy (non-hydrogen) atoms. The summed E-state index contributed by atoms with van der Waals surface area (Å²) in [7, 11) is 0. The quantitative estimate of drug-likeness (QED) is 0.388. The van der Waals surface area contributed by atoms with Crippen LogP contribution in [0.1, 0.15) is 38.8 Å². The van der Waals surface area contributed by atoms with Crippen LogP contribution in [0, 0.1) is 11.3 Å². The Kier molecular flexibility index (Phi) is 9.24. The fraction of sp³-hybridized carbons (Fsp3) is 0.300. The third kappa shape index (κ3) is 7.42. The summed E-state index contributed by atoms with van der Waals surface area (Å²) < 4.78 is 5.28. The van der Waals surface area contributed by atoms with Gasteiger partial charge in [-0.25, -0.2) is 4.79 Å². The van der Waals surface area contributed by atoms with Crippen LogP contribution in [0.15, 0.2) is 78.9 Å². The number of alkyl carbamates (subject to hydrolysis) is 1. The molecule has 3 rings (SSSR count). The van der Waals surface area contributed by atoms with Gasteiger partial charge in [-0.15, -0.1) is 0 Å². The van der Waals surface area contributed by atoms with E-state index < -0.39 is 29.7 Å². The molecule has 0 spiro atoms. The van der Waals surface area contributed by atoms with Crippen molar-refractivity contribution in [3.05, 3.63) is 90.0 Å². The molecule has 2 N–H and O–H groups in total. The van der Waals surface area contributed by atoms with Crippen LogP contribution in [0.5, 0.6) is 0 Å². The number of benzene rings is 3. The predicted molar refractivity (Wildman–Crippen MR) is 145 cm³/mol. The molecule has 1 unspecified atom stereocenters. The second-order valence-electron chi connectivity index (χ2n) is 9.99. The van der Waals surface area contributed by atoms with Crippen molar-refractivity contribution >= 4 is 17.7 Å². The highest BCUT2D eigenvalue weighted by Gasteiger charge is 2.40. The van der Waals surface area contributed by atoms with E-state index in [1.54, 1.807) is 51.1 Å². The normalized spacial score (nSPS) is 12.6. The van der Waals surface area contributed by atoms with Crippen LogP contribution >= 0.6 is 0 Å². The molecule has 0 aliphatic rings. The van der Waals surface area contributed by atoms with Crippen molar-refractivity contribution in [3.63, 3.8) is 0 Å². The molecule has 0 fully saturated rings. The molecule has 3 aromatic rings. The first kappa shape index (κ1) is 28.4. The SMILES string of the molecule is CC(C)(C)OC(=O)NC(C)(CO)C(=O)N(OCCc1ccc(-c2ccccc2C#N)cc1)c1ccccc1. The highest BCUT2D eigenvalue weighted by Crippen LogP contribution is 2.24. The Bertz CT molecular complexity index is 1280. The molecule has 3 aromatic carbocycles. The van der Waals surface area contributed by atoms with E-state index in [2.05, 4.69) is 11.4 Å². The van der Waals surface area contributed by atoms with Gasteiger partial charge < -0.3 is 15.2 Å². The maximum Gasteiger partial charge on any atom is 0.408 e. The Morgan fingerprint density at radius 3 is 2.18 bits per heavy atom. The van der Waals surface area contributed by atoms with Crippen molar-refractivity contribution in [2.24, 2.45) is 0 Å². The topological polar surface area (TPSA) is 112 Å². The van der Waals surface area contributed by atoms with Crippen LogP contribution in [0.4, 0.5) is 10.5 Å². The molecule has 0 radical (unpaired) electrons. The van der Waals surface area contributed by atoms with Crippen molar-refractivity contribution in [1.29, 1.82) is 5.26 Å². The molecule has 0 heterocycles. The maximum atomic E-state index is 13.5. The lowest BCUT2D eigenvalue weighted by Gasteiger charge is -2.33. The van der Waals surface area contributed by atoms with Crippen molar-refractivity contribution in [3.8, 4) is 17.2 Å². The first-order chi connectivity index (χ1) is 18.1. The molecule has 1 atom stereocenters. The molecule has 0 aromatic heterocycles.